The molecule has 1 heterocycles. The first kappa shape index (κ1) is 47.9. The topological polar surface area (TPSA) is 158 Å². The Kier molecular flexibility index (Phi) is 35.0. The summed E-state index contributed by atoms with van der Waals surface area (Å²) in [5.41, 5.74) is -0.512. The second-order valence-corrected chi connectivity index (χ2v) is 12.2. The number of carbonyl (C=O) groups excluding carboxylic acids is 1. The van der Waals surface area contributed by atoms with Crippen molar-refractivity contribution in [1.29, 1.82) is 0 Å². The van der Waals surface area contributed by atoms with Crippen LogP contribution in [0.1, 0.15) is 33.6 Å². The molecule has 16 heteroatoms. The summed E-state index contributed by atoms with van der Waals surface area (Å²) in [6.07, 6.45) is 2.52. The van der Waals surface area contributed by atoms with Crippen molar-refractivity contribution >= 4 is 5.97 Å². The third-order valence-corrected chi connectivity index (χ3v) is 6.60. The van der Waals surface area contributed by atoms with E-state index in [2.05, 4.69) is 5.32 Å². The van der Waals surface area contributed by atoms with Crippen molar-refractivity contribution in [2.75, 3.05) is 178 Å². The third kappa shape index (κ3) is 38.4. The fraction of sp³-hybridized carbons (Fsp3) is 0.971. The third-order valence-electron chi connectivity index (χ3n) is 6.60. The van der Waals surface area contributed by atoms with Gasteiger partial charge in [-0.3, -0.25) is 0 Å². The molecule has 0 aromatic carbocycles. The lowest BCUT2D eigenvalue weighted by molar-refractivity contribution is -0.160. The quantitative estimate of drug-likeness (QED) is 0.0709. The highest BCUT2D eigenvalue weighted by Crippen LogP contribution is 2.07. The second-order valence-electron chi connectivity index (χ2n) is 12.2. The van der Waals surface area contributed by atoms with Crippen LogP contribution < -0.4 is 5.32 Å². The lowest BCUT2D eigenvalue weighted by atomic mass is 10.1. The molecule has 1 aliphatic heterocycles. The minimum atomic E-state index is -0.512. The molecule has 0 amide bonds. The minimum absolute atomic E-state index is 0.0838. The van der Waals surface area contributed by atoms with E-state index in [0.29, 0.717) is 165 Å². The summed E-state index contributed by atoms with van der Waals surface area (Å²) >= 11 is 0. The van der Waals surface area contributed by atoms with Crippen LogP contribution in [0.15, 0.2) is 0 Å². The van der Waals surface area contributed by atoms with Gasteiger partial charge in [0, 0.05) is 0 Å². The molecule has 0 aromatic rings. The van der Waals surface area contributed by atoms with E-state index in [9.17, 15) is 4.79 Å². The van der Waals surface area contributed by atoms with Crippen LogP contribution in [0.5, 0.6) is 0 Å². The van der Waals surface area contributed by atoms with Gasteiger partial charge in [-0.25, -0.2) is 4.79 Å². The van der Waals surface area contributed by atoms with Crippen LogP contribution in [0.2, 0.25) is 0 Å². The number of hydrogen-bond acceptors (Lipinski definition) is 16. The van der Waals surface area contributed by atoms with Crippen LogP contribution >= 0.6 is 0 Å². The summed E-state index contributed by atoms with van der Waals surface area (Å²) in [5.74, 6) is -0.387. The van der Waals surface area contributed by atoms with Crippen molar-refractivity contribution < 1.29 is 71.1 Å². The molecule has 51 heavy (non-hydrogen) atoms. The molecule has 1 saturated heterocycles. The van der Waals surface area contributed by atoms with Crippen LogP contribution in [0, 0.1) is 0 Å². The fourth-order valence-corrected chi connectivity index (χ4v) is 4.18. The minimum Gasteiger partial charge on any atom is -0.458 e. The van der Waals surface area contributed by atoms with Crippen LogP contribution in [0.3, 0.4) is 0 Å². The Morgan fingerprint density at radius 1 is 0.431 bits per heavy atom. The molecule has 1 aliphatic rings. The SMILES string of the molecule is CC(C)(C)OC(=O)COCCOCCOCCOCCOCCOCCOCCOCCOCCOCCOCCOCCOC1CCNCC1. The standard InChI is InChI=1S/C35H69NO15/c1-35(2,3)51-34(37)32-49-29-28-47-25-24-45-21-20-43-17-16-41-13-12-39-9-8-38-10-11-40-14-15-42-18-19-44-22-23-46-26-27-48-30-31-50-33-4-6-36-7-5-33/h33,36H,4-32H2,1-3H3. The van der Waals surface area contributed by atoms with Crippen molar-refractivity contribution in [2.24, 2.45) is 0 Å². The van der Waals surface area contributed by atoms with Crippen LogP contribution in [0.25, 0.3) is 0 Å². The van der Waals surface area contributed by atoms with Gasteiger partial charge in [-0.2, -0.15) is 0 Å². The average molecular weight is 744 g/mol. The van der Waals surface area contributed by atoms with E-state index in [0.717, 1.165) is 25.9 Å². The highest BCUT2D eigenvalue weighted by molar-refractivity contribution is 5.71. The lowest BCUT2D eigenvalue weighted by Crippen LogP contribution is -2.33. The van der Waals surface area contributed by atoms with Gasteiger partial charge in [0.25, 0.3) is 0 Å². The Morgan fingerprint density at radius 2 is 0.686 bits per heavy atom. The van der Waals surface area contributed by atoms with Gasteiger partial charge in [0.05, 0.1) is 165 Å². The zero-order valence-electron chi connectivity index (χ0n) is 31.7. The molecule has 0 aromatic heterocycles. The Hall–Kier alpha value is -1.09. The van der Waals surface area contributed by atoms with Gasteiger partial charge in [-0.05, 0) is 46.7 Å². The van der Waals surface area contributed by atoms with Crippen molar-refractivity contribution in [3.8, 4) is 0 Å². The Morgan fingerprint density at radius 3 is 0.961 bits per heavy atom. The normalized spacial score (nSPS) is 14.0. The monoisotopic (exact) mass is 743 g/mol. The van der Waals surface area contributed by atoms with E-state index in [4.69, 9.17) is 66.3 Å². The number of hydrogen-bond donors (Lipinski definition) is 1. The molecule has 304 valence electrons. The highest BCUT2D eigenvalue weighted by Gasteiger charge is 2.16. The fourth-order valence-electron chi connectivity index (χ4n) is 4.18. The maximum Gasteiger partial charge on any atom is 0.332 e. The van der Waals surface area contributed by atoms with Crippen LogP contribution in [-0.2, 0) is 71.1 Å². The van der Waals surface area contributed by atoms with E-state index in [1.54, 1.807) is 0 Å². The van der Waals surface area contributed by atoms with Crippen LogP contribution in [0.4, 0.5) is 0 Å². The molecule has 0 bridgehead atoms. The van der Waals surface area contributed by atoms with Gasteiger partial charge in [0.15, 0.2) is 0 Å². The van der Waals surface area contributed by atoms with Crippen molar-refractivity contribution in [3.63, 3.8) is 0 Å². The van der Waals surface area contributed by atoms with Gasteiger partial charge >= 0.3 is 5.97 Å². The predicted molar refractivity (Wildman–Crippen MR) is 188 cm³/mol. The van der Waals surface area contributed by atoms with E-state index >= 15 is 0 Å². The number of esters is 1. The molecule has 16 nitrogen and oxygen atoms in total. The summed E-state index contributed by atoms with van der Waals surface area (Å²) in [7, 11) is 0. The molecular formula is C35H69NO15. The number of nitrogens with one attached hydrogen (secondary N) is 1. The smallest absolute Gasteiger partial charge is 0.332 e. The molecular weight excluding hydrogens is 674 g/mol. The lowest BCUT2D eigenvalue weighted by Gasteiger charge is -2.22. The second kappa shape index (κ2) is 37.2. The predicted octanol–water partition coefficient (Wildman–Crippen LogP) is 1.30. The van der Waals surface area contributed by atoms with Gasteiger partial charge in [-0.15, -0.1) is 0 Å². The van der Waals surface area contributed by atoms with Gasteiger partial charge in [0.1, 0.15) is 12.2 Å². The molecule has 1 fully saturated rings. The summed E-state index contributed by atoms with van der Waals surface area (Å²) in [6, 6.07) is 0. The Balaban J connectivity index is 1.61. The first-order valence-corrected chi connectivity index (χ1v) is 18.4. The zero-order chi connectivity index (χ0) is 36.8. The Bertz CT molecular complexity index is 726. The molecule has 0 unspecified atom stereocenters. The van der Waals surface area contributed by atoms with Gasteiger partial charge in [0.2, 0.25) is 0 Å². The van der Waals surface area contributed by atoms with E-state index in [-0.39, 0.29) is 12.6 Å². The molecule has 1 N–H and O–H groups in total. The van der Waals surface area contributed by atoms with E-state index in [1.807, 2.05) is 20.8 Å². The maximum atomic E-state index is 11.5. The zero-order valence-corrected chi connectivity index (χ0v) is 31.7. The number of carbonyl (C=O) groups is 1. The Labute approximate surface area is 305 Å². The summed E-state index contributed by atoms with van der Waals surface area (Å²) in [4.78, 5) is 11.5. The first-order chi connectivity index (χ1) is 25.0. The molecule has 0 spiro atoms. The molecule has 0 aliphatic carbocycles. The molecule has 1 rings (SSSR count). The summed E-state index contributed by atoms with van der Waals surface area (Å²) in [5, 5.41) is 3.33. The number of ether oxygens (including phenoxy) is 14. The maximum absolute atomic E-state index is 11.5. The average Bonchev–Trinajstić information content (AvgIpc) is 3.11. The number of rotatable bonds is 39. The number of piperidine rings is 1. The van der Waals surface area contributed by atoms with E-state index < -0.39 is 5.60 Å². The molecule has 0 radical (unpaired) electrons. The largest absolute Gasteiger partial charge is 0.458 e. The van der Waals surface area contributed by atoms with Gasteiger partial charge in [-0.1, -0.05) is 0 Å². The summed E-state index contributed by atoms with van der Waals surface area (Å²) < 4.78 is 76.4. The van der Waals surface area contributed by atoms with Crippen molar-refractivity contribution in [2.45, 2.75) is 45.3 Å². The molecule has 0 atom stereocenters. The van der Waals surface area contributed by atoms with Crippen molar-refractivity contribution in [3.05, 3.63) is 0 Å². The first-order valence-electron chi connectivity index (χ1n) is 18.4. The highest BCUT2D eigenvalue weighted by atomic mass is 16.6. The van der Waals surface area contributed by atoms with E-state index in [1.165, 1.54) is 0 Å². The van der Waals surface area contributed by atoms with Gasteiger partial charge < -0.3 is 71.6 Å². The van der Waals surface area contributed by atoms with Crippen molar-refractivity contribution in [1.82, 2.24) is 5.32 Å². The summed E-state index contributed by atoms with van der Waals surface area (Å²) in [6.45, 7) is 19.4. The molecule has 0 saturated carbocycles. The van der Waals surface area contributed by atoms with Crippen LogP contribution in [-0.4, -0.2) is 196 Å².